The van der Waals surface area contributed by atoms with Gasteiger partial charge in [0, 0.05) is 22.2 Å². The van der Waals surface area contributed by atoms with Crippen LogP contribution in [-0.4, -0.2) is 23.1 Å². The zero-order valence-electron chi connectivity index (χ0n) is 13.0. The van der Waals surface area contributed by atoms with Crippen molar-refractivity contribution in [2.75, 3.05) is 0 Å². The highest BCUT2D eigenvalue weighted by Crippen LogP contribution is 2.25. The summed E-state index contributed by atoms with van der Waals surface area (Å²) in [7, 11) is 0. The lowest BCUT2D eigenvalue weighted by Crippen LogP contribution is -2.41. The maximum Gasteiger partial charge on any atom is 0.315 e. The topological polar surface area (TPSA) is 78.4 Å². The molecular formula is C15H24N2O3S. The molecule has 0 saturated carbocycles. The Morgan fingerprint density at radius 2 is 1.95 bits per heavy atom. The van der Waals surface area contributed by atoms with Crippen LogP contribution < -0.4 is 10.6 Å². The normalized spacial score (nSPS) is 13.5. The van der Waals surface area contributed by atoms with Crippen LogP contribution in [-0.2, 0) is 4.79 Å². The van der Waals surface area contributed by atoms with Gasteiger partial charge in [0.2, 0.25) is 0 Å². The van der Waals surface area contributed by atoms with Gasteiger partial charge in [0.1, 0.15) is 0 Å². The number of thiophene rings is 1. The average Bonchev–Trinajstić information content (AvgIpc) is 2.67. The molecule has 0 aliphatic rings. The van der Waals surface area contributed by atoms with Crippen LogP contribution in [0.1, 0.15) is 54.5 Å². The van der Waals surface area contributed by atoms with E-state index in [0.717, 1.165) is 5.56 Å². The molecule has 5 nitrogen and oxygen atoms in total. The fraction of sp³-hybridized carbons (Fsp3) is 0.600. The SMILES string of the molecule is Cc1cc(C(C)NC(=O)NC(C)CCCC(=O)O)c(C)s1. The Balaban J connectivity index is 2.39. The predicted molar refractivity (Wildman–Crippen MR) is 84.8 cm³/mol. The lowest BCUT2D eigenvalue weighted by atomic mass is 10.1. The minimum Gasteiger partial charge on any atom is -0.481 e. The van der Waals surface area contributed by atoms with Crippen molar-refractivity contribution in [3.8, 4) is 0 Å². The second-order valence-corrected chi connectivity index (χ2v) is 6.86. The molecule has 0 spiro atoms. The smallest absolute Gasteiger partial charge is 0.315 e. The fourth-order valence-electron chi connectivity index (χ4n) is 2.25. The van der Waals surface area contributed by atoms with Gasteiger partial charge in [0.25, 0.3) is 0 Å². The number of nitrogens with one attached hydrogen (secondary N) is 2. The molecular weight excluding hydrogens is 288 g/mol. The van der Waals surface area contributed by atoms with E-state index in [9.17, 15) is 9.59 Å². The number of urea groups is 1. The Labute approximate surface area is 129 Å². The fourth-order valence-corrected chi connectivity index (χ4v) is 3.27. The van der Waals surface area contributed by atoms with Crippen molar-refractivity contribution in [1.82, 2.24) is 10.6 Å². The molecule has 0 fully saturated rings. The Bertz CT molecular complexity index is 499. The third-order valence-corrected chi connectivity index (χ3v) is 4.28. The Morgan fingerprint density at radius 1 is 1.29 bits per heavy atom. The number of aliphatic carboxylic acids is 1. The number of carbonyl (C=O) groups is 2. The highest BCUT2D eigenvalue weighted by molar-refractivity contribution is 7.12. The van der Waals surface area contributed by atoms with Gasteiger partial charge in [-0.2, -0.15) is 0 Å². The van der Waals surface area contributed by atoms with Crippen molar-refractivity contribution in [2.24, 2.45) is 0 Å². The molecule has 21 heavy (non-hydrogen) atoms. The number of carboxylic acids is 1. The highest BCUT2D eigenvalue weighted by Gasteiger charge is 2.15. The van der Waals surface area contributed by atoms with Gasteiger partial charge in [-0.3, -0.25) is 4.79 Å². The lowest BCUT2D eigenvalue weighted by molar-refractivity contribution is -0.137. The molecule has 0 radical (unpaired) electrons. The van der Waals surface area contributed by atoms with Crippen LogP contribution in [0.2, 0.25) is 0 Å². The van der Waals surface area contributed by atoms with Crippen molar-refractivity contribution < 1.29 is 14.7 Å². The first kappa shape index (κ1) is 17.5. The van der Waals surface area contributed by atoms with Crippen LogP contribution in [0.4, 0.5) is 4.79 Å². The molecule has 0 aromatic carbocycles. The first-order chi connectivity index (χ1) is 9.79. The van der Waals surface area contributed by atoms with E-state index in [2.05, 4.69) is 30.5 Å². The maximum atomic E-state index is 11.9. The van der Waals surface area contributed by atoms with Crippen LogP contribution in [0, 0.1) is 13.8 Å². The van der Waals surface area contributed by atoms with Crippen molar-refractivity contribution in [1.29, 1.82) is 0 Å². The van der Waals surface area contributed by atoms with E-state index in [1.165, 1.54) is 9.75 Å². The average molecular weight is 312 g/mol. The van der Waals surface area contributed by atoms with Gasteiger partial charge in [0.15, 0.2) is 0 Å². The zero-order chi connectivity index (χ0) is 16.0. The van der Waals surface area contributed by atoms with Gasteiger partial charge in [0.05, 0.1) is 6.04 Å². The summed E-state index contributed by atoms with van der Waals surface area (Å²) in [6.07, 6.45) is 1.36. The molecule has 0 aliphatic heterocycles. The second-order valence-electron chi connectivity index (χ2n) is 5.40. The molecule has 1 heterocycles. The number of rotatable bonds is 7. The molecule has 0 aliphatic carbocycles. The first-order valence-electron chi connectivity index (χ1n) is 7.15. The number of aryl methyl sites for hydroxylation is 2. The molecule has 1 rings (SSSR count). The summed E-state index contributed by atoms with van der Waals surface area (Å²) in [5, 5.41) is 14.3. The van der Waals surface area contributed by atoms with E-state index in [1.807, 2.05) is 13.8 Å². The van der Waals surface area contributed by atoms with E-state index in [4.69, 9.17) is 5.11 Å². The monoisotopic (exact) mass is 312 g/mol. The van der Waals surface area contributed by atoms with Gasteiger partial charge in [-0.05, 0) is 52.2 Å². The summed E-state index contributed by atoms with van der Waals surface area (Å²) in [6.45, 7) is 7.95. The van der Waals surface area contributed by atoms with Crippen molar-refractivity contribution in [3.05, 3.63) is 21.4 Å². The molecule has 118 valence electrons. The number of carbonyl (C=O) groups excluding carboxylic acids is 1. The number of hydrogen-bond acceptors (Lipinski definition) is 3. The van der Waals surface area contributed by atoms with Gasteiger partial charge in [-0.1, -0.05) is 0 Å². The summed E-state index contributed by atoms with van der Waals surface area (Å²) in [5.74, 6) is -0.802. The first-order valence-corrected chi connectivity index (χ1v) is 7.97. The standard InChI is InChI=1S/C15H24N2O3S/c1-9(6-5-7-14(18)19)16-15(20)17-11(3)13-8-10(2)21-12(13)4/h8-9,11H,5-7H2,1-4H3,(H,18,19)(H2,16,17,20). The van der Waals surface area contributed by atoms with E-state index in [-0.39, 0.29) is 24.5 Å². The quantitative estimate of drug-likeness (QED) is 0.722. The number of carboxylic acid groups (broad SMARTS) is 1. The van der Waals surface area contributed by atoms with Crippen molar-refractivity contribution in [3.63, 3.8) is 0 Å². The minimum atomic E-state index is -0.802. The zero-order valence-corrected chi connectivity index (χ0v) is 13.8. The molecule has 2 atom stereocenters. The third-order valence-electron chi connectivity index (χ3n) is 3.30. The van der Waals surface area contributed by atoms with Crippen LogP contribution >= 0.6 is 11.3 Å². The summed E-state index contributed by atoms with van der Waals surface area (Å²) in [5.41, 5.74) is 1.14. The molecule has 0 saturated heterocycles. The summed E-state index contributed by atoms with van der Waals surface area (Å²) < 4.78 is 0. The largest absolute Gasteiger partial charge is 0.481 e. The van der Waals surface area contributed by atoms with Crippen LogP contribution in [0.5, 0.6) is 0 Å². The summed E-state index contributed by atoms with van der Waals surface area (Å²) >= 11 is 1.73. The van der Waals surface area contributed by atoms with Crippen LogP contribution in [0.15, 0.2) is 6.07 Å². The van der Waals surface area contributed by atoms with Crippen molar-refractivity contribution in [2.45, 2.75) is 59.0 Å². The van der Waals surface area contributed by atoms with Gasteiger partial charge >= 0.3 is 12.0 Å². The number of hydrogen-bond donors (Lipinski definition) is 3. The molecule has 3 N–H and O–H groups in total. The van der Waals surface area contributed by atoms with Gasteiger partial charge in [-0.15, -0.1) is 11.3 Å². The van der Waals surface area contributed by atoms with E-state index < -0.39 is 5.97 Å². The van der Waals surface area contributed by atoms with E-state index in [1.54, 1.807) is 11.3 Å². The van der Waals surface area contributed by atoms with E-state index >= 15 is 0 Å². The molecule has 0 bridgehead atoms. The Hall–Kier alpha value is -1.56. The van der Waals surface area contributed by atoms with Crippen LogP contribution in [0.3, 0.4) is 0 Å². The molecule has 6 heteroatoms. The van der Waals surface area contributed by atoms with Crippen LogP contribution in [0.25, 0.3) is 0 Å². The van der Waals surface area contributed by atoms with Gasteiger partial charge in [-0.25, -0.2) is 4.79 Å². The van der Waals surface area contributed by atoms with Gasteiger partial charge < -0.3 is 15.7 Å². The minimum absolute atomic E-state index is 0.0399. The lowest BCUT2D eigenvalue weighted by Gasteiger charge is -2.18. The highest BCUT2D eigenvalue weighted by atomic mass is 32.1. The van der Waals surface area contributed by atoms with E-state index in [0.29, 0.717) is 12.8 Å². The molecule has 1 aromatic rings. The number of amides is 2. The second kappa shape index (κ2) is 8.02. The Kier molecular flexibility index (Phi) is 6.68. The van der Waals surface area contributed by atoms with Crippen molar-refractivity contribution >= 4 is 23.3 Å². The summed E-state index contributed by atoms with van der Waals surface area (Å²) in [6, 6.07) is 1.80. The maximum absolute atomic E-state index is 11.9. The molecule has 2 unspecified atom stereocenters. The third kappa shape index (κ3) is 6.16. The summed E-state index contributed by atoms with van der Waals surface area (Å²) in [4.78, 5) is 24.8. The predicted octanol–water partition coefficient (Wildman–Crippen LogP) is 3.37. The molecule has 2 amide bonds. The Morgan fingerprint density at radius 3 is 2.48 bits per heavy atom. The molecule has 1 aromatic heterocycles.